The second kappa shape index (κ2) is 5.30. The summed E-state index contributed by atoms with van der Waals surface area (Å²) in [7, 11) is 0. The first kappa shape index (κ1) is 13.0. The van der Waals surface area contributed by atoms with E-state index in [2.05, 4.69) is 0 Å². The molecule has 0 aromatic carbocycles. The standard InChI is InChI=1S/C11H19NO4/c1-7(2)12(4-3-5-13)10(14)8-6-9(8)11(15)16/h7-9,13H,3-6H2,1-2H3,(H,15,16). The lowest BCUT2D eigenvalue weighted by atomic mass is 10.2. The zero-order valence-corrected chi connectivity index (χ0v) is 9.72. The van der Waals surface area contributed by atoms with E-state index in [1.807, 2.05) is 13.8 Å². The number of amides is 1. The molecule has 1 aliphatic carbocycles. The first-order valence-corrected chi connectivity index (χ1v) is 5.63. The highest BCUT2D eigenvalue weighted by molar-refractivity contribution is 5.89. The van der Waals surface area contributed by atoms with Crippen LogP contribution in [0.4, 0.5) is 0 Å². The monoisotopic (exact) mass is 229 g/mol. The van der Waals surface area contributed by atoms with Crippen LogP contribution in [-0.2, 0) is 9.59 Å². The first-order valence-electron chi connectivity index (χ1n) is 5.63. The van der Waals surface area contributed by atoms with E-state index in [1.165, 1.54) is 0 Å². The van der Waals surface area contributed by atoms with Crippen molar-refractivity contribution in [3.63, 3.8) is 0 Å². The number of carbonyl (C=O) groups excluding carboxylic acids is 1. The lowest BCUT2D eigenvalue weighted by Gasteiger charge is -2.26. The fourth-order valence-corrected chi connectivity index (χ4v) is 1.82. The SMILES string of the molecule is CC(C)N(CCCO)C(=O)C1CC1C(=O)O. The third-order valence-corrected chi connectivity index (χ3v) is 2.89. The lowest BCUT2D eigenvalue weighted by molar-refractivity contribution is -0.142. The van der Waals surface area contributed by atoms with Gasteiger partial charge in [-0.1, -0.05) is 0 Å². The molecule has 1 aliphatic rings. The number of aliphatic hydroxyl groups is 1. The summed E-state index contributed by atoms with van der Waals surface area (Å²) in [4.78, 5) is 24.3. The van der Waals surface area contributed by atoms with Crippen molar-refractivity contribution in [2.45, 2.75) is 32.7 Å². The largest absolute Gasteiger partial charge is 0.481 e. The van der Waals surface area contributed by atoms with Crippen molar-refractivity contribution < 1.29 is 19.8 Å². The summed E-state index contributed by atoms with van der Waals surface area (Å²) in [5.41, 5.74) is 0. The number of nitrogens with zero attached hydrogens (tertiary/aromatic N) is 1. The van der Waals surface area contributed by atoms with Gasteiger partial charge in [0.1, 0.15) is 0 Å². The summed E-state index contributed by atoms with van der Waals surface area (Å²) in [6.45, 7) is 4.33. The van der Waals surface area contributed by atoms with E-state index in [4.69, 9.17) is 10.2 Å². The minimum atomic E-state index is -0.885. The van der Waals surface area contributed by atoms with Crippen molar-refractivity contribution in [2.75, 3.05) is 13.2 Å². The van der Waals surface area contributed by atoms with E-state index in [1.54, 1.807) is 4.90 Å². The fraction of sp³-hybridized carbons (Fsp3) is 0.818. The van der Waals surface area contributed by atoms with Crippen LogP contribution in [0.3, 0.4) is 0 Å². The third-order valence-electron chi connectivity index (χ3n) is 2.89. The molecule has 0 bridgehead atoms. The van der Waals surface area contributed by atoms with Gasteiger partial charge in [-0.3, -0.25) is 9.59 Å². The molecule has 1 fully saturated rings. The summed E-state index contributed by atoms with van der Waals surface area (Å²) < 4.78 is 0. The molecule has 0 aliphatic heterocycles. The highest BCUT2D eigenvalue weighted by Crippen LogP contribution is 2.40. The molecule has 0 aromatic heterocycles. The molecular weight excluding hydrogens is 210 g/mol. The van der Waals surface area contributed by atoms with Gasteiger partial charge >= 0.3 is 5.97 Å². The van der Waals surface area contributed by atoms with Gasteiger partial charge in [-0.2, -0.15) is 0 Å². The summed E-state index contributed by atoms with van der Waals surface area (Å²) >= 11 is 0. The second-order valence-corrected chi connectivity index (χ2v) is 4.49. The molecule has 2 N–H and O–H groups in total. The normalized spacial score (nSPS) is 23.2. The lowest BCUT2D eigenvalue weighted by Crippen LogP contribution is -2.39. The Morgan fingerprint density at radius 1 is 1.38 bits per heavy atom. The molecule has 5 nitrogen and oxygen atoms in total. The molecule has 0 radical (unpaired) electrons. The molecule has 5 heteroatoms. The summed E-state index contributed by atoms with van der Waals surface area (Å²) in [6, 6.07) is 0.0501. The first-order chi connectivity index (χ1) is 7.49. The number of rotatable bonds is 6. The van der Waals surface area contributed by atoms with Crippen LogP contribution in [-0.4, -0.2) is 46.2 Å². The van der Waals surface area contributed by atoms with E-state index in [-0.39, 0.29) is 24.5 Å². The second-order valence-electron chi connectivity index (χ2n) is 4.49. The van der Waals surface area contributed by atoms with Crippen molar-refractivity contribution in [1.29, 1.82) is 0 Å². The Morgan fingerprint density at radius 3 is 2.38 bits per heavy atom. The smallest absolute Gasteiger partial charge is 0.307 e. The number of carboxylic acids is 1. The predicted octanol–water partition coefficient (Wildman–Crippen LogP) is 0.326. The van der Waals surface area contributed by atoms with Crippen molar-refractivity contribution in [3.05, 3.63) is 0 Å². The molecule has 0 saturated heterocycles. The molecule has 2 atom stereocenters. The average Bonchev–Trinajstić information content (AvgIpc) is 2.96. The highest BCUT2D eigenvalue weighted by Gasteiger charge is 2.49. The molecule has 0 heterocycles. The Balaban J connectivity index is 2.52. The molecule has 1 saturated carbocycles. The summed E-state index contributed by atoms with van der Waals surface area (Å²) in [5, 5.41) is 17.5. The molecule has 0 spiro atoms. The van der Waals surface area contributed by atoms with Crippen LogP contribution in [0.25, 0.3) is 0 Å². The molecule has 92 valence electrons. The Morgan fingerprint density at radius 2 is 2.00 bits per heavy atom. The van der Waals surface area contributed by atoms with Gasteiger partial charge in [-0.05, 0) is 26.7 Å². The van der Waals surface area contributed by atoms with E-state index in [0.29, 0.717) is 19.4 Å². The van der Waals surface area contributed by atoms with Crippen LogP contribution < -0.4 is 0 Å². The van der Waals surface area contributed by atoms with Gasteiger partial charge < -0.3 is 15.1 Å². The number of aliphatic carboxylic acids is 1. The van der Waals surface area contributed by atoms with Gasteiger partial charge in [0.15, 0.2) is 0 Å². The van der Waals surface area contributed by atoms with Crippen LogP contribution in [0.1, 0.15) is 26.7 Å². The molecule has 2 unspecified atom stereocenters. The van der Waals surface area contributed by atoms with Crippen molar-refractivity contribution in [2.24, 2.45) is 11.8 Å². The van der Waals surface area contributed by atoms with Gasteiger partial charge in [-0.15, -0.1) is 0 Å². The van der Waals surface area contributed by atoms with Crippen LogP contribution in [0, 0.1) is 11.8 Å². The summed E-state index contributed by atoms with van der Waals surface area (Å²) in [5.74, 6) is -1.82. The topological polar surface area (TPSA) is 77.8 Å². The van der Waals surface area contributed by atoms with Crippen LogP contribution >= 0.6 is 0 Å². The minimum Gasteiger partial charge on any atom is -0.481 e. The zero-order chi connectivity index (χ0) is 12.3. The molecule has 16 heavy (non-hydrogen) atoms. The van der Waals surface area contributed by atoms with E-state index in [9.17, 15) is 9.59 Å². The summed E-state index contributed by atoms with van der Waals surface area (Å²) in [6.07, 6.45) is 0.991. The minimum absolute atomic E-state index is 0.0452. The average molecular weight is 229 g/mol. The molecule has 1 amide bonds. The van der Waals surface area contributed by atoms with Gasteiger partial charge in [0, 0.05) is 19.2 Å². The van der Waals surface area contributed by atoms with Crippen LogP contribution in [0.5, 0.6) is 0 Å². The van der Waals surface area contributed by atoms with Crippen molar-refractivity contribution >= 4 is 11.9 Å². The van der Waals surface area contributed by atoms with Gasteiger partial charge in [0.05, 0.1) is 11.8 Å². The van der Waals surface area contributed by atoms with Crippen molar-refractivity contribution in [3.8, 4) is 0 Å². The fourth-order valence-electron chi connectivity index (χ4n) is 1.82. The number of hydrogen-bond acceptors (Lipinski definition) is 3. The van der Waals surface area contributed by atoms with E-state index in [0.717, 1.165) is 0 Å². The Bertz CT molecular complexity index is 277. The van der Waals surface area contributed by atoms with Crippen LogP contribution in [0.2, 0.25) is 0 Å². The Kier molecular flexibility index (Phi) is 4.29. The van der Waals surface area contributed by atoms with E-state index < -0.39 is 11.9 Å². The molecular formula is C11H19NO4. The maximum atomic E-state index is 11.9. The number of aliphatic hydroxyl groups excluding tert-OH is 1. The Labute approximate surface area is 95.1 Å². The highest BCUT2D eigenvalue weighted by atomic mass is 16.4. The molecule has 1 rings (SSSR count). The van der Waals surface area contributed by atoms with Gasteiger partial charge in [-0.25, -0.2) is 0 Å². The Hall–Kier alpha value is -1.10. The van der Waals surface area contributed by atoms with Gasteiger partial charge in [0.2, 0.25) is 5.91 Å². The quantitative estimate of drug-likeness (QED) is 0.688. The van der Waals surface area contributed by atoms with E-state index >= 15 is 0 Å². The molecule has 0 aromatic rings. The maximum absolute atomic E-state index is 11.9. The van der Waals surface area contributed by atoms with Gasteiger partial charge in [0.25, 0.3) is 0 Å². The van der Waals surface area contributed by atoms with Crippen LogP contribution in [0.15, 0.2) is 0 Å². The third kappa shape index (κ3) is 2.95. The number of hydrogen-bond donors (Lipinski definition) is 2. The number of carboxylic acid groups (broad SMARTS) is 1. The zero-order valence-electron chi connectivity index (χ0n) is 9.72. The predicted molar refractivity (Wildman–Crippen MR) is 57.8 cm³/mol. The maximum Gasteiger partial charge on any atom is 0.307 e. The number of carbonyl (C=O) groups is 2. The van der Waals surface area contributed by atoms with Crippen molar-refractivity contribution in [1.82, 2.24) is 4.90 Å².